The third kappa shape index (κ3) is 4.02. The highest BCUT2D eigenvalue weighted by molar-refractivity contribution is 5.91. The van der Waals surface area contributed by atoms with Gasteiger partial charge in [-0.3, -0.25) is 9.48 Å². The molecule has 22 heavy (non-hydrogen) atoms. The molecule has 5 nitrogen and oxygen atoms in total. The van der Waals surface area contributed by atoms with Crippen LogP contribution in [0.1, 0.15) is 56.6 Å². The molecule has 1 aliphatic carbocycles. The standard InChI is InChI=1S/C16H26N4O.ClH/c1-20-15(18-16(21)13-7-9-17-10-8-13)11-14(19-20)12-5-3-2-4-6-12;/h11-13,17H,2-10H2,1H3,(H,18,21);1H. The minimum atomic E-state index is 0. The summed E-state index contributed by atoms with van der Waals surface area (Å²) < 4.78 is 1.82. The van der Waals surface area contributed by atoms with Gasteiger partial charge in [0.05, 0.1) is 5.69 Å². The van der Waals surface area contributed by atoms with Crippen LogP contribution in [-0.4, -0.2) is 28.8 Å². The van der Waals surface area contributed by atoms with Crippen LogP contribution in [0.25, 0.3) is 0 Å². The van der Waals surface area contributed by atoms with Crippen molar-refractivity contribution < 1.29 is 4.79 Å². The normalized spacial score (nSPS) is 20.4. The van der Waals surface area contributed by atoms with E-state index in [1.807, 2.05) is 11.7 Å². The number of hydrogen-bond acceptors (Lipinski definition) is 3. The van der Waals surface area contributed by atoms with Crippen LogP contribution in [0.5, 0.6) is 0 Å². The Morgan fingerprint density at radius 1 is 1.23 bits per heavy atom. The van der Waals surface area contributed by atoms with Crippen LogP contribution in [0.4, 0.5) is 5.82 Å². The number of piperidine rings is 1. The number of nitrogens with zero attached hydrogens (tertiary/aromatic N) is 2. The molecule has 0 atom stereocenters. The lowest BCUT2D eigenvalue weighted by atomic mass is 9.87. The van der Waals surface area contributed by atoms with Gasteiger partial charge in [0.25, 0.3) is 0 Å². The molecule has 3 rings (SSSR count). The number of aryl methyl sites for hydroxylation is 1. The molecule has 2 N–H and O–H groups in total. The van der Waals surface area contributed by atoms with Crippen molar-refractivity contribution in [1.82, 2.24) is 15.1 Å². The Hall–Kier alpha value is -1.07. The van der Waals surface area contributed by atoms with Crippen molar-refractivity contribution in [3.63, 3.8) is 0 Å². The average molecular weight is 327 g/mol. The average Bonchev–Trinajstić information content (AvgIpc) is 2.90. The Labute approximate surface area is 138 Å². The molecule has 1 saturated heterocycles. The summed E-state index contributed by atoms with van der Waals surface area (Å²) in [7, 11) is 1.92. The number of halogens is 1. The quantitative estimate of drug-likeness (QED) is 0.898. The summed E-state index contributed by atoms with van der Waals surface area (Å²) in [4.78, 5) is 12.3. The minimum absolute atomic E-state index is 0. The molecule has 0 spiro atoms. The number of carbonyl (C=O) groups excluding carboxylic acids is 1. The van der Waals surface area contributed by atoms with Crippen molar-refractivity contribution in [3.8, 4) is 0 Å². The van der Waals surface area contributed by atoms with E-state index in [0.29, 0.717) is 5.92 Å². The number of nitrogens with one attached hydrogen (secondary N) is 2. The van der Waals surface area contributed by atoms with Crippen LogP contribution in [0.15, 0.2) is 6.07 Å². The number of amides is 1. The first-order chi connectivity index (χ1) is 10.2. The second-order valence-corrected chi connectivity index (χ2v) is 6.43. The van der Waals surface area contributed by atoms with Crippen molar-refractivity contribution in [2.75, 3.05) is 18.4 Å². The van der Waals surface area contributed by atoms with E-state index in [1.165, 1.54) is 32.1 Å². The Bertz CT molecular complexity index is 490. The van der Waals surface area contributed by atoms with Gasteiger partial charge >= 0.3 is 0 Å². The zero-order chi connectivity index (χ0) is 14.7. The molecule has 1 aromatic rings. The van der Waals surface area contributed by atoms with Gasteiger partial charge in [-0.2, -0.15) is 5.10 Å². The molecule has 0 unspecified atom stereocenters. The molecule has 1 saturated carbocycles. The molecule has 1 aliphatic heterocycles. The van der Waals surface area contributed by atoms with Crippen LogP contribution in [-0.2, 0) is 11.8 Å². The molecular formula is C16H27ClN4O. The zero-order valence-corrected chi connectivity index (χ0v) is 14.1. The Morgan fingerprint density at radius 2 is 1.91 bits per heavy atom. The molecule has 1 amide bonds. The van der Waals surface area contributed by atoms with Gasteiger partial charge in [0.2, 0.25) is 5.91 Å². The van der Waals surface area contributed by atoms with Crippen LogP contribution in [0.3, 0.4) is 0 Å². The lowest BCUT2D eigenvalue weighted by Gasteiger charge is -2.21. The van der Waals surface area contributed by atoms with E-state index in [0.717, 1.165) is 37.4 Å². The molecule has 0 radical (unpaired) electrons. The number of hydrogen-bond donors (Lipinski definition) is 2. The minimum Gasteiger partial charge on any atom is -0.317 e. The molecule has 6 heteroatoms. The van der Waals surface area contributed by atoms with E-state index in [4.69, 9.17) is 0 Å². The highest BCUT2D eigenvalue weighted by Gasteiger charge is 2.23. The number of carbonyl (C=O) groups is 1. The third-order valence-corrected chi connectivity index (χ3v) is 4.88. The predicted octanol–water partition coefficient (Wildman–Crippen LogP) is 2.83. The van der Waals surface area contributed by atoms with E-state index < -0.39 is 0 Å². The van der Waals surface area contributed by atoms with Crippen LogP contribution >= 0.6 is 12.4 Å². The second kappa shape index (κ2) is 7.97. The highest BCUT2D eigenvalue weighted by Crippen LogP contribution is 2.32. The van der Waals surface area contributed by atoms with Crippen LogP contribution in [0, 0.1) is 5.92 Å². The maximum atomic E-state index is 12.3. The first-order valence-electron chi connectivity index (χ1n) is 8.29. The van der Waals surface area contributed by atoms with Gasteiger partial charge in [0.1, 0.15) is 5.82 Å². The topological polar surface area (TPSA) is 59.0 Å². The lowest BCUT2D eigenvalue weighted by molar-refractivity contribution is -0.120. The summed E-state index contributed by atoms with van der Waals surface area (Å²) in [6.45, 7) is 1.88. The molecule has 2 heterocycles. The first kappa shape index (κ1) is 17.3. The smallest absolute Gasteiger partial charge is 0.228 e. The fraction of sp³-hybridized carbons (Fsp3) is 0.750. The van der Waals surface area contributed by atoms with Crippen molar-refractivity contribution in [1.29, 1.82) is 0 Å². The largest absolute Gasteiger partial charge is 0.317 e. The molecular weight excluding hydrogens is 300 g/mol. The predicted molar refractivity (Wildman–Crippen MR) is 90.5 cm³/mol. The molecule has 0 bridgehead atoms. The summed E-state index contributed by atoms with van der Waals surface area (Å²) in [6, 6.07) is 2.08. The van der Waals surface area contributed by atoms with E-state index in [2.05, 4.69) is 21.8 Å². The van der Waals surface area contributed by atoms with Crippen LogP contribution < -0.4 is 10.6 Å². The molecule has 2 fully saturated rings. The van der Waals surface area contributed by atoms with E-state index >= 15 is 0 Å². The monoisotopic (exact) mass is 326 g/mol. The second-order valence-electron chi connectivity index (χ2n) is 6.43. The van der Waals surface area contributed by atoms with Gasteiger partial charge in [0.15, 0.2) is 0 Å². The van der Waals surface area contributed by atoms with Gasteiger partial charge < -0.3 is 10.6 Å². The van der Waals surface area contributed by atoms with E-state index in [-0.39, 0.29) is 24.2 Å². The van der Waals surface area contributed by atoms with Crippen molar-refractivity contribution in [2.45, 2.75) is 50.9 Å². The van der Waals surface area contributed by atoms with E-state index in [9.17, 15) is 4.79 Å². The first-order valence-corrected chi connectivity index (χ1v) is 8.29. The van der Waals surface area contributed by atoms with Gasteiger partial charge in [-0.1, -0.05) is 19.3 Å². The molecule has 2 aliphatic rings. The molecule has 124 valence electrons. The van der Waals surface area contributed by atoms with Gasteiger partial charge in [0, 0.05) is 24.9 Å². The Balaban J connectivity index is 0.00000176. The third-order valence-electron chi connectivity index (χ3n) is 4.88. The maximum absolute atomic E-state index is 12.3. The van der Waals surface area contributed by atoms with Gasteiger partial charge in [-0.25, -0.2) is 0 Å². The SMILES string of the molecule is Cl.Cn1nc(C2CCCCC2)cc1NC(=O)C1CCNCC1. The summed E-state index contributed by atoms with van der Waals surface area (Å²) >= 11 is 0. The maximum Gasteiger partial charge on any atom is 0.228 e. The molecule has 1 aromatic heterocycles. The van der Waals surface area contributed by atoms with Gasteiger partial charge in [-0.05, 0) is 38.8 Å². The zero-order valence-electron chi connectivity index (χ0n) is 13.3. The number of aromatic nitrogens is 2. The highest BCUT2D eigenvalue weighted by atomic mass is 35.5. The Morgan fingerprint density at radius 3 is 2.59 bits per heavy atom. The summed E-state index contributed by atoms with van der Waals surface area (Å²) in [5.41, 5.74) is 1.15. The fourth-order valence-corrected chi connectivity index (χ4v) is 3.52. The van der Waals surface area contributed by atoms with Gasteiger partial charge in [-0.15, -0.1) is 12.4 Å². The summed E-state index contributed by atoms with van der Waals surface area (Å²) in [5, 5.41) is 11.0. The van der Waals surface area contributed by atoms with E-state index in [1.54, 1.807) is 0 Å². The lowest BCUT2D eigenvalue weighted by Crippen LogP contribution is -2.34. The van der Waals surface area contributed by atoms with Crippen molar-refractivity contribution >= 4 is 24.1 Å². The Kier molecular flexibility index (Phi) is 6.26. The number of rotatable bonds is 3. The van der Waals surface area contributed by atoms with Crippen molar-refractivity contribution in [2.24, 2.45) is 13.0 Å². The van der Waals surface area contributed by atoms with Crippen molar-refractivity contribution in [3.05, 3.63) is 11.8 Å². The van der Waals surface area contributed by atoms with Crippen LogP contribution in [0.2, 0.25) is 0 Å². The fourth-order valence-electron chi connectivity index (χ4n) is 3.52. The molecule has 0 aromatic carbocycles. The summed E-state index contributed by atoms with van der Waals surface area (Å²) in [5.74, 6) is 1.71. The number of anilines is 1. The summed E-state index contributed by atoms with van der Waals surface area (Å²) in [6.07, 6.45) is 8.29.